The zero-order chi connectivity index (χ0) is 11.0. The summed E-state index contributed by atoms with van der Waals surface area (Å²) in [6, 6.07) is 10.5. The van der Waals surface area contributed by atoms with Crippen LogP contribution in [0.5, 0.6) is 0 Å². The van der Waals surface area contributed by atoms with Gasteiger partial charge in [0.05, 0.1) is 12.8 Å². The second-order valence-corrected chi connectivity index (χ2v) is 3.73. The molecule has 0 aliphatic carbocycles. The first-order valence-electron chi connectivity index (χ1n) is 5.10. The number of aromatic nitrogens is 1. The number of fused-ring (bicyclic) bond motifs is 1. The highest BCUT2D eigenvalue weighted by atomic mass is 19.1. The fourth-order valence-corrected chi connectivity index (χ4v) is 1.88. The maximum absolute atomic E-state index is 13.0. The quantitative estimate of drug-likeness (QED) is 0.640. The maximum Gasteiger partial charge on any atom is 0.123 e. The number of furan rings is 1. The minimum atomic E-state index is -0.205. The SMILES string of the molecule is Fc1ccc2c(ccn2Cc2ccco2)c1. The summed E-state index contributed by atoms with van der Waals surface area (Å²) < 4.78 is 20.3. The van der Waals surface area contributed by atoms with Crippen molar-refractivity contribution in [2.45, 2.75) is 6.54 Å². The molecule has 0 N–H and O–H groups in total. The molecule has 3 rings (SSSR count). The van der Waals surface area contributed by atoms with Crippen molar-refractivity contribution in [1.29, 1.82) is 0 Å². The lowest BCUT2D eigenvalue weighted by molar-refractivity contribution is 0.497. The minimum absolute atomic E-state index is 0.205. The molecule has 0 bridgehead atoms. The lowest BCUT2D eigenvalue weighted by Crippen LogP contribution is -1.95. The van der Waals surface area contributed by atoms with Crippen molar-refractivity contribution in [3.63, 3.8) is 0 Å². The van der Waals surface area contributed by atoms with Crippen LogP contribution >= 0.6 is 0 Å². The molecule has 3 heteroatoms. The number of nitrogens with zero attached hydrogens (tertiary/aromatic N) is 1. The van der Waals surface area contributed by atoms with E-state index in [1.54, 1.807) is 12.3 Å². The average Bonchev–Trinajstić information content (AvgIpc) is 2.89. The zero-order valence-corrected chi connectivity index (χ0v) is 8.56. The predicted molar refractivity (Wildman–Crippen MR) is 59.7 cm³/mol. The van der Waals surface area contributed by atoms with E-state index in [4.69, 9.17) is 4.42 Å². The third kappa shape index (κ3) is 1.50. The van der Waals surface area contributed by atoms with Crippen LogP contribution < -0.4 is 0 Å². The molecule has 2 aromatic heterocycles. The molecule has 0 amide bonds. The Labute approximate surface area is 91.9 Å². The Kier molecular flexibility index (Phi) is 2.03. The van der Waals surface area contributed by atoms with Gasteiger partial charge in [-0.1, -0.05) is 0 Å². The zero-order valence-electron chi connectivity index (χ0n) is 8.56. The van der Waals surface area contributed by atoms with Crippen molar-refractivity contribution >= 4 is 10.9 Å². The highest BCUT2D eigenvalue weighted by Gasteiger charge is 2.03. The van der Waals surface area contributed by atoms with Crippen molar-refractivity contribution in [2.75, 3.05) is 0 Å². The third-order valence-corrected chi connectivity index (χ3v) is 2.64. The Morgan fingerprint density at radius 3 is 2.94 bits per heavy atom. The van der Waals surface area contributed by atoms with Crippen molar-refractivity contribution in [3.05, 3.63) is 60.4 Å². The van der Waals surface area contributed by atoms with Crippen molar-refractivity contribution in [1.82, 2.24) is 4.57 Å². The summed E-state index contributed by atoms with van der Waals surface area (Å²) in [6.07, 6.45) is 3.59. The second-order valence-electron chi connectivity index (χ2n) is 3.73. The Bertz CT molecular complexity index is 610. The summed E-state index contributed by atoms with van der Waals surface area (Å²) in [6.45, 7) is 0.669. The van der Waals surface area contributed by atoms with Gasteiger partial charge in [-0.05, 0) is 36.4 Å². The van der Waals surface area contributed by atoms with Gasteiger partial charge in [0, 0.05) is 17.1 Å². The summed E-state index contributed by atoms with van der Waals surface area (Å²) in [5.41, 5.74) is 1.01. The molecule has 16 heavy (non-hydrogen) atoms. The topological polar surface area (TPSA) is 18.1 Å². The van der Waals surface area contributed by atoms with Gasteiger partial charge in [-0.3, -0.25) is 0 Å². The van der Waals surface area contributed by atoms with Crippen LogP contribution in [0.4, 0.5) is 4.39 Å². The first kappa shape index (κ1) is 9.21. The molecule has 0 saturated carbocycles. The lowest BCUT2D eigenvalue weighted by atomic mass is 10.2. The Morgan fingerprint density at radius 2 is 2.12 bits per heavy atom. The summed E-state index contributed by atoms with van der Waals surface area (Å²) in [7, 11) is 0. The number of halogens is 1. The van der Waals surface area contributed by atoms with Crippen LogP contribution in [0.2, 0.25) is 0 Å². The molecule has 0 spiro atoms. The minimum Gasteiger partial charge on any atom is -0.467 e. The van der Waals surface area contributed by atoms with Gasteiger partial charge < -0.3 is 8.98 Å². The van der Waals surface area contributed by atoms with E-state index in [0.717, 1.165) is 16.7 Å². The predicted octanol–water partition coefficient (Wildman–Crippen LogP) is 3.42. The van der Waals surface area contributed by atoms with E-state index >= 15 is 0 Å². The van der Waals surface area contributed by atoms with Gasteiger partial charge in [0.15, 0.2) is 0 Å². The molecule has 0 saturated heterocycles. The Hall–Kier alpha value is -2.03. The van der Waals surface area contributed by atoms with E-state index in [1.807, 2.05) is 29.0 Å². The molecule has 0 fully saturated rings. The standard InChI is InChI=1S/C13H10FNO/c14-11-3-4-13-10(8-11)5-6-15(13)9-12-2-1-7-16-12/h1-8H,9H2. The number of hydrogen-bond acceptors (Lipinski definition) is 1. The molecule has 0 atom stereocenters. The second kappa shape index (κ2) is 3.52. The number of hydrogen-bond donors (Lipinski definition) is 0. The van der Waals surface area contributed by atoms with Crippen LogP contribution in [0.15, 0.2) is 53.3 Å². The maximum atomic E-state index is 13.0. The van der Waals surface area contributed by atoms with Crippen LogP contribution in [0.25, 0.3) is 10.9 Å². The molecule has 2 nitrogen and oxygen atoms in total. The largest absolute Gasteiger partial charge is 0.467 e. The van der Waals surface area contributed by atoms with Gasteiger partial charge in [-0.25, -0.2) is 4.39 Å². The van der Waals surface area contributed by atoms with E-state index in [9.17, 15) is 4.39 Å². The molecule has 0 unspecified atom stereocenters. The molecule has 1 aromatic carbocycles. The van der Waals surface area contributed by atoms with Crippen molar-refractivity contribution in [2.24, 2.45) is 0 Å². The average molecular weight is 215 g/mol. The monoisotopic (exact) mass is 215 g/mol. The van der Waals surface area contributed by atoms with Crippen LogP contribution in [-0.4, -0.2) is 4.57 Å². The fraction of sp³-hybridized carbons (Fsp3) is 0.0769. The Balaban J connectivity index is 2.04. The van der Waals surface area contributed by atoms with Gasteiger partial charge in [0.2, 0.25) is 0 Å². The molecule has 0 radical (unpaired) electrons. The summed E-state index contributed by atoms with van der Waals surface area (Å²) >= 11 is 0. The lowest BCUT2D eigenvalue weighted by Gasteiger charge is -2.02. The smallest absolute Gasteiger partial charge is 0.123 e. The molecular formula is C13H10FNO. The number of rotatable bonds is 2. The van der Waals surface area contributed by atoms with Crippen LogP contribution in [-0.2, 0) is 6.54 Å². The van der Waals surface area contributed by atoms with E-state index in [1.165, 1.54) is 12.1 Å². The highest BCUT2D eigenvalue weighted by molar-refractivity contribution is 5.80. The highest BCUT2D eigenvalue weighted by Crippen LogP contribution is 2.18. The molecule has 0 aliphatic rings. The van der Waals surface area contributed by atoms with Gasteiger partial charge in [0.1, 0.15) is 11.6 Å². The number of benzene rings is 1. The molecule has 3 aromatic rings. The van der Waals surface area contributed by atoms with Gasteiger partial charge in [-0.15, -0.1) is 0 Å². The third-order valence-electron chi connectivity index (χ3n) is 2.64. The Morgan fingerprint density at radius 1 is 1.19 bits per heavy atom. The van der Waals surface area contributed by atoms with E-state index in [-0.39, 0.29) is 5.82 Å². The van der Waals surface area contributed by atoms with Gasteiger partial charge in [0.25, 0.3) is 0 Å². The molecule has 2 heterocycles. The van der Waals surface area contributed by atoms with Crippen LogP contribution in [0.3, 0.4) is 0 Å². The molecule has 80 valence electrons. The van der Waals surface area contributed by atoms with E-state index < -0.39 is 0 Å². The van der Waals surface area contributed by atoms with Crippen molar-refractivity contribution < 1.29 is 8.81 Å². The first-order chi connectivity index (χ1) is 7.83. The summed E-state index contributed by atoms with van der Waals surface area (Å²) in [5.74, 6) is 0.685. The van der Waals surface area contributed by atoms with E-state index in [2.05, 4.69) is 0 Å². The molecule has 0 aliphatic heterocycles. The summed E-state index contributed by atoms with van der Waals surface area (Å²) in [5, 5.41) is 0.909. The van der Waals surface area contributed by atoms with E-state index in [0.29, 0.717) is 6.54 Å². The van der Waals surface area contributed by atoms with Crippen LogP contribution in [0, 0.1) is 5.82 Å². The molecular weight excluding hydrogens is 205 g/mol. The van der Waals surface area contributed by atoms with Crippen molar-refractivity contribution in [3.8, 4) is 0 Å². The van der Waals surface area contributed by atoms with Gasteiger partial charge in [-0.2, -0.15) is 0 Å². The normalized spacial score (nSPS) is 11.1. The first-order valence-corrected chi connectivity index (χ1v) is 5.10. The fourth-order valence-electron chi connectivity index (χ4n) is 1.88. The van der Waals surface area contributed by atoms with Crippen LogP contribution in [0.1, 0.15) is 5.76 Å². The van der Waals surface area contributed by atoms with Gasteiger partial charge >= 0.3 is 0 Å². The summed E-state index contributed by atoms with van der Waals surface area (Å²) in [4.78, 5) is 0.